The van der Waals surface area contributed by atoms with E-state index in [1.807, 2.05) is 0 Å². The summed E-state index contributed by atoms with van der Waals surface area (Å²) in [4.78, 5) is 22.6. The Morgan fingerprint density at radius 3 is 2.55 bits per heavy atom. The summed E-state index contributed by atoms with van der Waals surface area (Å²) in [5, 5.41) is 9.96. The molecule has 0 aliphatic carbocycles. The van der Waals surface area contributed by atoms with Crippen LogP contribution in [0.1, 0.15) is 28.9 Å². The van der Waals surface area contributed by atoms with E-state index in [4.69, 9.17) is 4.74 Å². The fourth-order valence-corrected chi connectivity index (χ4v) is 3.50. The summed E-state index contributed by atoms with van der Waals surface area (Å²) in [6.07, 6.45) is -2.19. The van der Waals surface area contributed by atoms with Crippen LogP contribution in [0.2, 0.25) is 0 Å². The molecule has 9 heteroatoms. The molecule has 1 aliphatic heterocycles. The van der Waals surface area contributed by atoms with E-state index < -0.39 is 11.7 Å². The first-order chi connectivity index (χ1) is 14.8. The van der Waals surface area contributed by atoms with Crippen molar-refractivity contribution in [1.82, 2.24) is 14.9 Å². The highest BCUT2D eigenvalue weighted by molar-refractivity contribution is 5.95. The van der Waals surface area contributed by atoms with E-state index in [1.54, 1.807) is 35.2 Å². The number of aromatic nitrogens is 2. The van der Waals surface area contributed by atoms with Crippen LogP contribution < -0.4 is 4.74 Å². The molecular weight excluding hydrogens is 411 g/mol. The first kappa shape index (κ1) is 21.0. The van der Waals surface area contributed by atoms with Crippen LogP contribution in [0.15, 0.2) is 48.7 Å². The molecule has 0 saturated carbocycles. The minimum absolute atomic E-state index is 0.0402. The van der Waals surface area contributed by atoms with Crippen LogP contribution in [0.4, 0.5) is 13.2 Å². The molecule has 1 fully saturated rings. The number of carbonyl (C=O) groups excluding carboxylic acids is 1. The highest BCUT2D eigenvalue weighted by Gasteiger charge is 2.30. The zero-order chi connectivity index (χ0) is 22.0. The van der Waals surface area contributed by atoms with Gasteiger partial charge >= 0.3 is 6.18 Å². The van der Waals surface area contributed by atoms with Crippen LogP contribution in [0.5, 0.6) is 11.6 Å². The number of rotatable bonds is 4. The van der Waals surface area contributed by atoms with Gasteiger partial charge in [-0.05, 0) is 49.1 Å². The van der Waals surface area contributed by atoms with Gasteiger partial charge in [-0.25, -0.2) is 9.97 Å². The highest BCUT2D eigenvalue weighted by Crippen LogP contribution is 2.30. The molecule has 3 aromatic rings. The molecule has 3 heterocycles. The van der Waals surface area contributed by atoms with E-state index in [-0.39, 0.29) is 24.3 Å². The number of pyridine rings is 2. The molecule has 1 aliphatic rings. The van der Waals surface area contributed by atoms with Crippen LogP contribution in [0, 0.1) is 5.92 Å². The van der Waals surface area contributed by atoms with Crippen LogP contribution in [-0.4, -0.2) is 45.6 Å². The van der Waals surface area contributed by atoms with Crippen molar-refractivity contribution in [2.24, 2.45) is 5.92 Å². The standard InChI is InChI=1S/C22H20F3N3O3/c23-22(24,25)16-2-6-20(26-12-16)31-17-3-5-18-15(11-17)1-4-19(27-18)21(30)28-9-7-14(13-29)8-10-28/h1-6,11-12,14,29H,7-10,13H2. The number of likely N-dealkylation sites (tertiary alicyclic amines) is 1. The Balaban J connectivity index is 1.47. The number of amides is 1. The lowest BCUT2D eigenvalue weighted by molar-refractivity contribution is -0.137. The number of nitrogens with zero attached hydrogens (tertiary/aromatic N) is 3. The number of carbonyl (C=O) groups is 1. The number of piperidine rings is 1. The zero-order valence-corrected chi connectivity index (χ0v) is 16.5. The van der Waals surface area contributed by atoms with Gasteiger partial charge in [0.05, 0.1) is 11.1 Å². The van der Waals surface area contributed by atoms with Crippen molar-refractivity contribution in [1.29, 1.82) is 0 Å². The molecule has 1 amide bonds. The van der Waals surface area contributed by atoms with Crippen molar-refractivity contribution in [2.75, 3.05) is 19.7 Å². The SMILES string of the molecule is O=C(c1ccc2cc(Oc3ccc(C(F)(F)F)cn3)ccc2n1)N1CCC(CO)CC1. The lowest BCUT2D eigenvalue weighted by atomic mass is 9.97. The number of hydrogen-bond acceptors (Lipinski definition) is 5. The predicted molar refractivity (Wildman–Crippen MR) is 107 cm³/mol. The molecule has 0 unspecified atom stereocenters. The minimum Gasteiger partial charge on any atom is -0.439 e. The van der Waals surface area contributed by atoms with Crippen molar-refractivity contribution < 1.29 is 27.8 Å². The van der Waals surface area contributed by atoms with Crippen molar-refractivity contribution in [3.8, 4) is 11.6 Å². The van der Waals surface area contributed by atoms with Gasteiger partial charge in [0.1, 0.15) is 11.4 Å². The number of aliphatic hydroxyl groups is 1. The summed E-state index contributed by atoms with van der Waals surface area (Å²) >= 11 is 0. The van der Waals surface area contributed by atoms with Crippen molar-refractivity contribution in [3.05, 3.63) is 59.9 Å². The van der Waals surface area contributed by atoms with Gasteiger partial charge in [-0.1, -0.05) is 6.07 Å². The number of halogens is 3. The molecule has 4 rings (SSSR count). The summed E-state index contributed by atoms with van der Waals surface area (Å²) in [6, 6.07) is 10.5. The molecule has 0 bridgehead atoms. The molecule has 162 valence electrons. The smallest absolute Gasteiger partial charge is 0.417 e. The molecule has 0 radical (unpaired) electrons. The van der Waals surface area contributed by atoms with Gasteiger partial charge in [0, 0.05) is 37.3 Å². The van der Waals surface area contributed by atoms with Gasteiger partial charge in [0.2, 0.25) is 5.88 Å². The van der Waals surface area contributed by atoms with Gasteiger partial charge < -0.3 is 14.7 Å². The van der Waals surface area contributed by atoms with Crippen molar-refractivity contribution >= 4 is 16.8 Å². The van der Waals surface area contributed by atoms with E-state index in [0.717, 1.165) is 36.6 Å². The van der Waals surface area contributed by atoms with E-state index in [1.165, 1.54) is 0 Å². The van der Waals surface area contributed by atoms with E-state index >= 15 is 0 Å². The molecular formula is C22H20F3N3O3. The van der Waals surface area contributed by atoms with E-state index in [9.17, 15) is 23.1 Å². The molecule has 1 saturated heterocycles. The maximum Gasteiger partial charge on any atom is 0.417 e. The normalized spacial score (nSPS) is 15.3. The molecule has 6 nitrogen and oxygen atoms in total. The Morgan fingerprint density at radius 2 is 1.90 bits per heavy atom. The lowest BCUT2D eigenvalue weighted by Crippen LogP contribution is -2.39. The summed E-state index contributed by atoms with van der Waals surface area (Å²) in [5.74, 6) is 0.531. The van der Waals surface area contributed by atoms with Crippen LogP contribution >= 0.6 is 0 Å². The molecule has 2 aromatic heterocycles. The molecule has 0 spiro atoms. The van der Waals surface area contributed by atoms with Gasteiger partial charge in [0.15, 0.2) is 0 Å². The Hall–Kier alpha value is -3.20. The maximum atomic E-state index is 12.7. The Labute approximate surface area is 176 Å². The van der Waals surface area contributed by atoms with Crippen LogP contribution in [-0.2, 0) is 6.18 Å². The monoisotopic (exact) mass is 431 g/mol. The van der Waals surface area contributed by atoms with Crippen molar-refractivity contribution in [3.63, 3.8) is 0 Å². The highest BCUT2D eigenvalue weighted by atomic mass is 19.4. The Kier molecular flexibility index (Phi) is 5.77. The third kappa shape index (κ3) is 4.77. The van der Waals surface area contributed by atoms with Gasteiger partial charge in [-0.2, -0.15) is 13.2 Å². The first-order valence-corrected chi connectivity index (χ1v) is 9.85. The van der Waals surface area contributed by atoms with Crippen molar-refractivity contribution in [2.45, 2.75) is 19.0 Å². The number of alkyl halides is 3. The summed E-state index contributed by atoms with van der Waals surface area (Å²) in [6.45, 7) is 1.33. The van der Waals surface area contributed by atoms with Gasteiger partial charge in [-0.15, -0.1) is 0 Å². The fourth-order valence-electron chi connectivity index (χ4n) is 3.50. The summed E-state index contributed by atoms with van der Waals surface area (Å²) in [5.41, 5.74) is 0.0946. The fraction of sp³-hybridized carbons (Fsp3) is 0.318. The number of benzene rings is 1. The minimum atomic E-state index is -4.45. The molecule has 1 aromatic carbocycles. The second-order valence-corrected chi connectivity index (χ2v) is 7.45. The number of aliphatic hydroxyl groups excluding tert-OH is 1. The van der Waals surface area contributed by atoms with Crippen LogP contribution in [0.25, 0.3) is 10.9 Å². The number of fused-ring (bicyclic) bond motifs is 1. The summed E-state index contributed by atoms with van der Waals surface area (Å²) < 4.78 is 43.5. The third-order valence-corrected chi connectivity index (χ3v) is 5.33. The van der Waals surface area contributed by atoms with E-state index in [0.29, 0.717) is 30.0 Å². The second-order valence-electron chi connectivity index (χ2n) is 7.45. The first-order valence-electron chi connectivity index (χ1n) is 9.85. The number of ether oxygens (including phenoxy) is 1. The Bertz CT molecular complexity index is 1080. The predicted octanol–water partition coefficient (Wildman–Crippen LogP) is 4.29. The molecule has 31 heavy (non-hydrogen) atoms. The largest absolute Gasteiger partial charge is 0.439 e. The number of hydrogen-bond donors (Lipinski definition) is 1. The summed E-state index contributed by atoms with van der Waals surface area (Å²) in [7, 11) is 0. The average molecular weight is 431 g/mol. The molecule has 1 N–H and O–H groups in total. The van der Waals surface area contributed by atoms with Crippen LogP contribution in [0.3, 0.4) is 0 Å². The van der Waals surface area contributed by atoms with E-state index in [2.05, 4.69) is 9.97 Å². The quantitative estimate of drug-likeness (QED) is 0.667. The lowest BCUT2D eigenvalue weighted by Gasteiger charge is -2.30. The van der Waals surface area contributed by atoms with Gasteiger partial charge in [-0.3, -0.25) is 4.79 Å². The van der Waals surface area contributed by atoms with Gasteiger partial charge in [0.25, 0.3) is 5.91 Å². The second kappa shape index (κ2) is 8.50. The Morgan fingerprint density at radius 1 is 1.13 bits per heavy atom. The topological polar surface area (TPSA) is 75.5 Å². The molecule has 0 atom stereocenters. The zero-order valence-electron chi connectivity index (χ0n) is 16.5. The third-order valence-electron chi connectivity index (χ3n) is 5.33. The average Bonchev–Trinajstić information content (AvgIpc) is 2.78. The maximum absolute atomic E-state index is 12.7.